The van der Waals surface area contributed by atoms with Gasteiger partial charge in [0.1, 0.15) is 12.1 Å². The van der Waals surface area contributed by atoms with E-state index in [4.69, 9.17) is 0 Å². The number of fused-ring (bicyclic) bond motifs is 1. The molecule has 3 fully saturated rings. The molecular weight excluding hydrogens is 300 g/mol. The fourth-order valence-electron chi connectivity index (χ4n) is 4.21. The largest absolute Gasteiger partial charge is 0.356 e. The van der Waals surface area contributed by atoms with Crippen molar-refractivity contribution in [2.45, 2.75) is 25.3 Å². The van der Waals surface area contributed by atoms with Gasteiger partial charge in [0, 0.05) is 56.6 Å². The van der Waals surface area contributed by atoms with Crippen molar-refractivity contribution in [3.8, 4) is 0 Å². The van der Waals surface area contributed by atoms with E-state index in [0.29, 0.717) is 5.92 Å². The summed E-state index contributed by atoms with van der Waals surface area (Å²) in [7, 11) is 0. The normalized spacial score (nSPS) is 26.8. The van der Waals surface area contributed by atoms with E-state index in [1.54, 1.807) is 12.5 Å². The maximum atomic E-state index is 4.53. The van der Waals surface area contributed by atoms with Crippen LogP contribution in [0, 0.1) is 11.8 Å². The summed E-state index contributed by atoms with van der Waals surface area (Å²) in [4.78, 5) is 14.0. The van der Waals surface area contributed by atoms with E-state index >= 15 is 0 Å². The van der Waals surface area contributed by atoms with Crippen LogP contribution in [-0.4, -0.2) is 51.2 Å². The van der Waals surface area contributed by atoms with Crippen LogP contribution in [0.3, 0.4) is 0 Å². The molecule has 5 rings (SSSR count). The molecule has 0 radical (unpaired) electrons. The second-order valence-corrected chi connectivity index (χ2v) is 7.45. The molecular formula is C18H22N6. The minimum absolute atomic E-state index is 0.693. The molecule has 6 nitrogen and oxygen atoms in total. The number of aromatic nitrogens is 4. The van der Waals surface area contributed by atoms with Crippen LogP contribution >= 0.6 is 0 Å². The first-order chi connectivity index (χ1) is 11.8. The van der Waals surface area contributed by atoms with Crippen LogP contribution < -0.4 is 4.90 Å². The van der Waals surface area contributed by atoms with Crippen LogP contribution in [0.15, 0.2) is 30.9 Å². The quantitative estimate of drug-likeness (QED) is 0.854. The molecule has 2 atom stereocenters. The van der Waals surface area contributed by atoms with Crippen molar-refractivity contribution in [2.24, 2.45) is 11.8 Å². The molecule has 1 saturated carbocycles. The number of hydrogen-bond acceptors (Lipinski definition) is 6. The van der Waals surface area contributed by atoms with Crippen LogP contribution in [-0.2, 0) is 6.54 Å². The minimum Gasteiger partial charge on any atom is -0.356 e. The lowest BCUT2D eigenvalue weighted by Crippen LogP contribution is -2.29. The van der Waals surface area contributed by atoms with Gasteiger partial charge in [0.05, 0.1) is 6.20 Å². The highest BCUT2D eigenvalue weighted by atomic mass is 15.3. The van der Waals surface area contributed by atoms with Gasteiger partial charge in [-0.2, -0.15) is 10.2 Å². The average molecular weight is 322 g/mol. The van der Waals surface area contributed by atoms with E-state index in [0.717, 1.165) is 37.3 Å². The predicted octanol–water partition coefficient (Wildman–Crippen LogP) is 1.71. The van der Waals surface area contributed by atoms with Crippen LogP contribution in [0.5, 0.6) is 0 Å². The first-order valence-corrected chi connectivity index (χ1v) is 8.90. The molecule has 0 spiro atoms. The molecule has 0 aromatic carbocycles. The van der Waals surface area contributed by atoms with Crippen molar-refractivity contribution in [3.05, 3.63) is 42.1 Å². The molecule has 2 unspecified atom stereocenters. The van der Waals surface area contributed by atoms with Gasteiger partial charge in [0.2, 0.25) is 0 Å². The summed E-state index contributed by atoms with van der Waals surface area (Å²) in [6, 6.07) is 4.28. The number of nitrogens with zero attached hydrogens (tertiary/aromatic N) is 6. The summed E-state index contributed by atoms with van der Waals surface area (Å²) in [6.45, 7) is 5.57. The van der Waals surface area contributed by atoms with Crippen molar-refractivity contribution in [2.75, 3.05) is 31.1 Å². The maximum Gasteiger partial charge on any atom is 0.132 e. The van der Waals surface area contributed by atoms with Gasteiger partial charge >= 0.3 is 0 Å². The highest BCUT2D eigenvalue weighted by Crippen LogP contribution is 2.40. The lowest BCUT2D eigenvalue weighted by molar-refractivity contribution is 0.308. The van der Waals surface area contributed by atoms with Gasteiger partial charge in [-0.25, -0.2) is 9.97 Å². The summed E-state index contributed by atoms with van der Waals surface area (Å²) in [5, 5.41) is 7.84. The van der Waals surface area contributed by atoms with E-state index in [-0.39, 0.29) is 0 Å². The van der Waals surface area contributed by atoms with Gasteiger partial charge in [0.25, 0.3) is 0 Å². The standard InChI is InChI=1S/C18H22N6/c1-2-14(1)17-5-18(20-12-19-17)24-10-15-8-23(9-16(15)11-24)7-13-3-4-21-22-6-13/h3-6,12,14-16H,1-2,7-11H2. The van der Waals surface area contributed by atoms with E-state index < -0.39 is 0 Å². The molecule has 0 amide bonds. The van der Waals surface area contributed by atoms with Gasteiger partial charge in [-0.3, -0.25) is 4.90 Å². The van der Waals surface area contributed by atoms with Crippen LogP contribution in [0.1, 0.15) is 30.0 Å². The molecule has 4 heterocycles. The lowest BCUT2D eigenvalue weighted by Gasteiger charge is -2.22. The molecule has 2 saturated heterocycles. The Morgan fingerprint density at radius 3 is 2.54 bits per heavy atom. The third-order valence-corrected chi connectivity index (χ3v) is 5.61. The van der Waals surface area contributed by atoms with Crippen LogP contribution in [0.4, 0.5) is 5.82 Å². The lowest BCUT2D eigenvalue weighted by atomic mass is 10.0. The monoisotopic (exact) mass is 322 g/mol. The Kier molecular flexibility index (Phi) is 3.43. The van der Waals surface area contributed by atoms with Crippen molar-refractivity contribution >= 4 is 5.82 Å². The van der Waals surface area contributed by atoms with Crippen molar-refractivity contribution in [3.63, 3.8) is 0 Å². The van der Waals surface area contributed by atoms with Crippen LogP contribution in [0.25, 0.3) is 0 Å². The smallest absolute Gasteiger partial charge is 0.132 e. The zero-order chi connectivity index (χ0) is 15.9. The number of hydrogen-bond donors (Lipinski definition) is 0. The number of likely N-dealkylation sites (tertiary alicyclic amines) is 1. The first-order valence-electron chi connectivity index (χ1n) is 8.90. The summed E-state index contributed by atoms with van der Waals surface area (Å²) >= 11 is 0. The summed E-state index contributed by atoms with van der Waals surface area (Å²) < 4.78 is 0. The summed E-state index contributed by atoms with van der Waals surface area (Å²) in [5.74, 6) is 3.32. The fraction of sp³-hybridized carbons (Fsp3) is 0.556. The molecule has 3 aliphatic rings. The molecule has 124 valence electrons. The Morgan fingerprint density at radius 1 is 1.00 bits per heavy atom. The Hall–Kier alpha value is -2.08. The highest BCUT2D eigenvalue weighted by molar-refractivity contribution is 5.42. The molecule has 2 aliphatic heterocycles. The molecule has 0 N–H and O–H groups in total. The van der Waals surface area contributed by atoms with Crippen molar-refractivity contribution in [1.29, 1.82) is 0 Å². The van der Waals surface area contributed by atoms with E-state index in [1.807, 2.05) is 6.20 Å². The molecule has 2 aromatic heterocycles. The van der Waals surface area contributed by atoms with Crippen molar-refractivity contribution in [1.82, 2.24) is 25.1 Å². The Bertz CT molecular complexity index is 702. The zero-order valence-electron chi connectivity index (χ0n) is 13.8. The first kappa shape index (κ1) is 14.3. The van der Waals surface area contributed by atoms with Crippen molar-refractivity contribution < 1.29 is 0 Å². The second kappa shape index (κ2) is 5.77. The Labute approximate surface area is 141 Å². The highest BCUT2D eigenvalue weighted by Gasteiger charge is 2.40. The van der Waals surface area contributed by atoms with Gasteiger partial charge in [-0.15, -0.1) is 0 Å². The topological polar surface area (TPSA) is 58.0 Å². The average Bonchev–Trinajstić information content (AvgIpc) is 3.29. The van der Waals surface area contributed by atoms with Gasteiger partial charge in [-0.05, 0) is 36.3 Å². The molecule has 0 bridgehead atoms. The molecule has 6 heteroatoms. The van der Waals surface area contributed by atoms with E-state index in [9.17, 15) is 0 Å². The minimum atomic E-state index is 0.693. The van der Waals surface area contributed by atoms with Crippen LogP contribution in [0.2, 0.25) is 0 Å². The third-order valence-electron chi connectivity index (χ3n) is 5.61. The number of anilines is 1. The van der Waals surface area contributed by atoms with E-state index in [2.05, 4.69) is 42.1 Å². The predicted molar refractivity (Wildman–Crippen MR) is 90.5 cm³/mol. The zero-order valence-corrected chi connectivity index (χ0v) is 13.8. The fourth-order valence-corrected chi connectivity index (χ4v) is 4.21. The number of rotatable bonds is 4. The Balaban J connectivity index is 1.23. The molecule has 1 aliphatic carbocycles. The van der Waals surface area contributed by atoms with E-state index in [1.165, 1.54) is 37.2 Å². The molecule has 2 aromatic rings. The van der Waals surface area contributed by atoms with Gasteiger partial charge in [-0.1, -0.05) is 0 Å². The second-order valence-electron chi connectivity index (χ2n) is 7.45. The molecule has 24 heavy (non-hydrogen) atoms. The maximum absolute atomic E-state index is 4.53. The third kappa shape index (κ3) is 2.75. The van der Waals surface area contributed by atoms with Gasteiger partial charge < -0.3 is 4.90 Å². The SMILES string of the molecule is c1cc(CN2CC3CN(c4cc(C5CC5)ncn4)CC3C2)cnn1. The Morgan fingerprint density at radius 2 is 1.83 bits per heavy atom. The summed E-state index contributed by atoms with van der Waals surface area (Å²) in [5.41, 5.74) is 2.50. The van der Waals surface area contributed by atoms with Gasteiger partial charge in [0.15, 0.2) is 0 Å². The summed E-state index contributed by atoms with van der Waals surface area (Å²) in [6.07, 6.45) is 7.99.